The van der Waals surface area contributed by atoms with Crippen LogP contribution in [0.2, 0.25) is 0 Å². The van der Waals surface area contributed by atoms with Crippen molar-refractivity contribution in [2.75, 3.05) is 9.80 Å². The van der Waals surface area contributed by atoms with E-state index in [-0.39, 0.29) is 0 Å². The summed E-state index contributed by atoms with van der Waals surface area (Å²) < 4.78 is 0. The van der Waals surface area contributed by atoms with Gasteiger partial charge in [-0.15, -0.1) is 0 Å². The summed E-state index contributed by atoms with van der Waals surface area (Å²) in [5.41, 5.74) is 11.9. The second-order valence-electron chi connectivity index (χ2n) is 17.5. The molecule has 0 spiro atoms. The van der Waals surface area contributed by atoms with Gasteiger partial charge in [-0.25, -0.2) is 0 Å². The van der Waals surface area contributed by atoms with Crippen molar-refractivity contribution in [2.45, 2.75) is 0 Å². The molecule has 12 aromatic carbocycles. The lowest BCUT2D eigenvalue weighted by Gasteiger charge is -2.28. The molecule has 68 heavy (non-hydrogen) atoms. The van der Waals surface area contributed by atoms with Crippen molar-refractivity contribution in [3.8, 4) is 22.3 Å². The zero-order chi connectivity index (χ0) is 45.0. The molecule has 0 fully saturated rings. The van der Waals surface area contributed by atoms with Gasteiger partial charge in [0.1, 0.15) is 0 Å². The van der Waals surface area contributed by atoms with Crippen LogP contribution >= 0.6 is 0 Å². The molecule has 3 heteroatoms. The molecule has 13 rings (SSSR count). The van der Waals surface area contributed by atoms with E-state index >= 15 is 0 Å². The Labute approximate surface area is 395 Å². The van der Waals surface area contributed by atoms with Crippen LogP contribution in [0.4, 0.5) is 34.1 Å². The lowest BCUT2D eigenvalue weighted by atomic mass is 9.85. The first kappa shape index (κ1) is 39.3. The Kier molecular flexibility index (Phi) is 9.50. The number of fused-ring (bicyclic) bond motifs is 6. The molecule has 0 radical (unpaired) electrons. The minimum Gasteiger partial charge on any atom is -0.310 e. The smallest absolute Gasteiger partial charge is 0.0794 e. The number of benzene rings is 12. The van der Waals surface area contributed by atoms with E-state index in [0.717, 1.165) is 72.5 Å². The van der Waals surface area contributed by atoms with Crippen molar-refractivity contribution in [3.63, 3.8) is 0 Å². The van der Waals surface area contributed by atoms with Crippen molar-refractivity contribution in [3.05, 3.63) is 261 Å². The summed E-state index contributed by atoms with van der Waals surface area (Å²) in [6.07, 6.45) is 2.08. The van der Waals surface area contributed by atoms with E-state index in [1.54, 1.807) is 0 Å². The quantitative estimate of drug-likeness (QED) is 0.142. The Hall–Kier alpha value is -9.05. The SMILES string of the molecule is c1ccc(N(c2ccc3ccccc3c2)c2ccc3c(-c4cccc5ccccc45)c4cc(N(c5ccccc5)c5ccc6ccccc6c5)cnc4c(-c4cccc5ccccc45)c3c2)cc1. The van der Waals surface area contributed by atoms with Crippen LogP contribution in [-0.4, -0.2) is 4.98 Å². The highest BCUT2D eigenvalue weighted by molar-refractivity contribution is 6.25. The summed E-state index contributed by atoms with van der Waals surface area (Å²) in [4.78, 5) is 10.4. The van der Waals surface area contributed by atoms with Crippen LogP contribution < -0.4 is 9.80 Å². The third-order valence-electron chi connectivity index (χ3n) is 13.6. The molecule has 0 aliphatic carbocycles. The Balaban J connectivity index is 1.16. The van der Waals surface area contributed by atoms with Crippen molar-refractivity contribution in [2.24, 2.45) is 0 Å². The monoisotopic (exact) mass is 865 g/mol. The minimum atomic E-state index is 0.946. The second-order valence-corrected chi connectivity index (χ2v) is 17.5. The predicted molar refractivity (Wildman–Crippen MR) is 290 cm³/mol. The second kappa shape index (κ2) is 16.4. The van der Waals surface area contributed by atoms with Crippen LogP contribution in [0, 0.1) is 0 Å². The van der Waals surface area contributed by atoms with E-state index in [2.05, 4.69) is 271 Å². The van der Waals surface area contributed by atoms with E-state index in [4.69, 9.17) is 4.98 Å². The standard InChI is InChI=1S/C65H43N3/c1-3-25-50(26-4-1)67(52-35-33-44-17-7-9-21-48(44)39-52)54-37-38-60-61(41-54)64(59-32-16-24-47-20-12-14-30-57(47)59)65-62(63(60)58-31-15-23-46-19-11-13-29-56(46)58)42-55(43-66-65)68(51-27-5-2-6-28-51)53-36-34-45-18-8-10-22-49(45)40-53/h1-43H. The number of hydrogen-bond donors (Lipinski definition) is 0. The zero-order valence-corrected chi connectivity index (χ0v) is 37.2. The van der Waals surface area contributed by atoms with Gasteiger partial charge in [-0.2, -0.15) is 0 Å². The van der Waals surface area contributed by atoms with Crippen LogP contribution in [0.25, 0.3) is 87.0 Å². The van der Waals surface area contributed by atoms with Crippen molar-refractivity contribution >= 4 is 98.9 Å². The molecular formula is C65H43N3. The van der Waals surface area contributed by atoms with Gasteiger partial charge in [-0.3, -0.25) is 4.98 Å². The van der Waals surface area contributed by atoms with Crippen LogP contribution in [0.5, 0.6) is 0 Å². The number of rotatable bonds is 8. The lowest BCUT2D eigenvalue weighted by molar-refractivity contribution is 1.26. The average Bonchev–Trinajstić information content (AvgIpc) is 3.40. The number of nitrogens with zero attached hydrogens (tertiary/aromatic N) is 3. The Morgan fingerprint density at radius 1 is 0.235 bits per heavy atom. The molecule has 0 N–H and O–H groups in total. The van der Waals surface area contributed by atoms with E-state index < -0.39 is 0 Å². The minimum absolute atomic E-state index is 0.946. The highest BCUT2D eigenvalue weighted by Gasteiger charge is 2.24. The Morgan fingerprint density at radius 3 is 1.24 bits per heavy atom. The van der Waals surface area contributed by atoms with Gasteiger partial charge in [-0.05, 0) is 137 Å². The number of anilines is 6. The third kappa shape index (κ3) is 6.71. The summed E-state index contributed by atoms with van der Waals surface area (Å²) in [5.74, 6) is 0. The third-order valence-corrected chi connectivity index (χ3v) is 13.6. The van der Waals surface area contributed by atoms with E-state index in [0.29, 0.717) is 0 Å². The summed E-state index contributed by atoms with van der Waals surface area (Å²) in [6.45, 7) is 0. The van der Waals surface area contributed by atoms with E-state index in [1.165, 1.54) is 48.7 Å². The molecular weight excluding hydrogens is 823 g/mol. The summed E-state index contributed by atoms with van der Waals surface area (Å²) in [7, 11) is 0. The Bertz CT molecular complexity index is 3770. The highest BCUT2D eigenvalue weighted by Crippen LogP contribution is 2.50. The first-order valence-electron chi connectivity index (χ1n) is 23.3. The average molecular weight is 866 g/mol. The maximum absolute atomic E-state index is 5.68. The van der Waals surface area contributed by atoms with Crippen molar-refractivity contribution < 1.29 is 0 Å². The van der Waals surface area contributed by atoms with Crippen LogP contribution in [0.3, 0.4) is 0 Å². The first-order chi connectivity index (χ1) is 33.7. The van der Waals surface area contributed by atoms with Crippen LogP contribution in [0.1, 0.15) is 0 Å². The Morgan fingerprint density at radius 2 is 0.662 bits per heavy atom. The molecule has 0 bridgehead atoms. The molecule has 0 saturated carbocycles. The lowest BCUT2D eigenvalue weighted by Crippen LogP contribution is -2.11. The molecule has 1 heterocycles. The molecule has 3 nitrogen and oxygen atoms in total. The van der Waals surface area contributed by atoms with Crippen LogP contribution in [0.15, 0.2) is 261 Å². The van der Waals surface area contributed by atoms with Gasteiger partial charge in [0.2, 0.25) is 0 Å². The molecule has 0 amide bonds. The number of aromatic nitrogens is 1. The molecule has 318 valence electrons. The van der Waals surface area contributed by atoms with Crippen molar-refractivity contribution in [1.82, 2.24) is 4.98 Å². The van der Waals surface area contributed by atoms with Gasteiger partial charge in [0.15, 0.2) is 0 Å². The fourth-order valence-electron chi connectivity index (χ4n) is 10.5. The number of para-hydroxylation sites is 2. The molecule has 0 aliphatic heterocycles. The number of pyridine rings is 1. The summed E-state index contributed by atoms with van der Waals surface area (Å²) in [5, 5.41) is 12.9. The normalized spacial score (nSPS) is 11.5. The van der Waals surface area contributed by atoms with Gasteiger partial charge in [0.05, 0.1) is 17.4 Å². The first-order valence-corrected chi connectivity index (χ1v) is 23.3. The van der Waals surface area contributed by atoms with E-state index in [1.807, 2.05) is 0 Å². The summed E-state index contributed by atoms with van der Waals surface area (Å²) in [6, 6.07) is 92.4. The highest BCUT2D eigenvalue weighted by atomic mass is 15.2. The molecule has 1 aromatic heterocycles. The van der Waals surface area contributed by atoms with Gasteiger partial charge in [0.25, 0.3) is 0 Å². The molecule has 0 aliphatic rings. The maximum Gasteiger partial charge on any atom is 0.0794 e. The van der Waals surface area contributed by atoms with Gasteiger partial charge in [0, 0.05) is 39.4 Å². The summed E-state index contributed by atoms with van der Waals surface area (Å²) >= 11 is 0. The van der Waals surface area contributed by atoms with Gasteiger partial charge >= 0.3 is 0 Å². The van der Waals surface area contributed by atoms with Gasteiger partial charge in [-0.1, -0.05) is 188 Å². The molecule has 0 atom stereocenters. The molecule has 0 saturated heterocycles. The number of hydrogen-bond acceptors (Lipinski definition) is 3. The van der Waals surface area contributed by atoms with Crippen molar-refractivity contribution in [1.29, 1.82) is 0 Å². The largest absolute Gasteiger partial charge is 0.310 e. The zero-order valence-electron chi connectivity index (χ0n) is 37.2. The molecule has 0 unspecified atom stereocenters. The van der Waals surface area contributed by atoms with Crippen LogP contribution in [-0.2, 0) is 0 Å². The van der Waals surface area contributed by atoms with Gasteiger partial charge < -0.3 is 9.80 Å². The fourth-order valence-corrected chi connectivity index (χ4v) is 10.5. The fraction of sp³-hybridized carbons (Fsp3) is 0. The molecule has 13 aromatic rings. The maximum atomic E-state index is 5.68. The van der Waals surface area contributed by atoms with E-state index in [9.17, 15) is 0 Å². The topological polar surface area (TPSA) is 19.4 Å². The predicted octanol–water partition coefficient (Wildman–Crippen LogP) is 18.3.